The van der Waals surface area contributed by atoms with Crippen molar-refractivity contribution < 1.29 is 4.74 Å². The third kappa shape index (κ3) is 2.46. The molecule has 0 fully saturated rings. The van der Waals surface area contributed by atoms with Crippen molar-refractivity contribution in [1.29, 1.82) is 0 Å². The summed E-state index contributed by atoms with van der Waals surface area (Å²) in [5, 5.41) is 1.16. The van der Waals surface area contributed by atoms with Gasteiger partial charge in [-0.05, 0) is 24.6 Å². The molecule has 3 rings (SSSR count). The van der Waals surface area contributed by atoms with Crippen molar-refractivity contribution in [3.8, 4) is 5.75 Å². The molecule has 3 aromatic rings. The second-order valence-electron chi connectivity index (χ2n) is 4.32. The molecule has 20 heavy (non-hydrogen) atoms. The van der Waals surface area contributed by atoms with Crippen molar-refractivity contribution in [3.05, 3.63) is 42.5 Å². The van der Waals surface area contributed by atoms with Crippen LogP contribution in [-0.4, -0.2) is 27.0 Å². The number of benzene rings is 1. The van der Waals surface area contributed by atoms with E-state index in [1.165, 1.54) is 5.56 Å². The number of hydrogen-bond donors (Lipinski definition) is 1. The minimum absolute atomic E-state index is 0.256. The van der Waals surface area contributed by atoms with Gasteiger partial charge in [-0.1, -0.05) is 23.9 Å². The predicted octanol–water partition coefficient (Wildman–Crippen LogP) is 3.21. The Bertz CT molecular complexity index is 728. The Morgan fingerprint density at radius 2 is 2.15 bits per heavy atom. The summed E-state index contributed by atoms with van der Waals surface area (Å²) in [5.41, 5.74) is 2.77. The number of H-pyrrole nitrogens is 1. The Morgan fingerprint density at radius 3 is 3.00 bits per heavy atom. The first-order chi connectivity index (χ1) is 9.78. The van der Waals surface area contributed by atoms with Gasteiger partial charge in [0.25, 0.3) is 0 Å². The normalized spacial score (nSPS) is 12.5. The van der Waals surface area contributed by atoms with Crippen molar-refractivity contribution in [3.63, 3.8) is 0 Å². The van der Waals surface area contributed by atoms with Crippen LogP contribution in [0, 0.1) is 0 Å². The van der Waals surface area contributed by atoms with Crippen LogP contribution in [0.25, 0.3) is 11.2 Å². The number of aromatic amines is 1. The van der Waals surface area contributed by atoms with Gasteiger partial charge in [0.1, 0.15) is 22.6 Å². The van der Waals surface area contributed by atoms with Gasteiger partial charge in [0.05, 0.1) is 13.4 Å². The molecule has 2 aromatic heterocycles. The van der Waals surface area contributed by atoms with E-state index in [1.54, 1.807) is 31.5 Å². The summed E-state index contributed by atoms with van der Waals surface area (Å²) in [6.07, 6.45) is 3.18. The zero-order chi connectivity index (χ0) is 13.9. The minimum atomic E-state index is 0.256. The molecule has 2 heterocycles. The van der Waals surface area contributed by atoms with Crippen molar-refractivity contribution >= 4 is 22.9 Å². The Balaban J connectivity index is 1.88. The van der Waals surface area contributed by atoms with Gasteiger partial charge in [0.2, 0.25) is 0 Å². The summed E-state index contributed by atoms with van der Waals surface area (Å²) in [4.78, 5) is 15.7. The van der Waals surface area contributed by atoms with Gasteiger partial charge in [-0.2, -0.15) is 0 Å². The molecule has 0 unspecified atom stereocenters. The van der Waals surface area contributed by atoms with Gasteiger partial charge < -0.3 is 9.72 Å². The summed E-state index contributed by atoms with van der Waals surface area (Å²) in [6.45, 7) is 2.14. The molecule has 102 valence electrons. The van der Waals surface area contributed by atoms with E-state index in [2.05, 4.69) is 32.9 Å². The van der Waals surface area contributed by atoms with Gasteiger partial charge in [0, 0.05) is 5.25 Å². The summed E-state index contributed by atoms with van der Waals surface area (Å²) < 4.78 is 5.26. The molecule has 1 atom stereocenters. The van der Waals surface area contributed by atoms with Crippen LogP contribution in [0.3, 0.4) is 0 Å². The second kappa shape index (κ2) is 5.50. The van der Waals surface area contributed by atoms with Crippen LogP contribution in [0.1, 0.15) is 17.7 Å². The molecule has 0 aliphatic rings. The van der Waals surface area contributed by atoms with E-state index < -0.39 is 0 Å². The fourth-order valence-electron chi connectivity index (χ4n) is 1.96. The highest BCUT2D eigenvalue weighted by Crippen LogP contribution is 2.36. The fraction of sp³-hybridized carbons (Fsp3) is 0.214. The summed E-state index contributed by atoms with van der Waals surface area (Å²) >= 11 is 1.67. The Hall–Kier alpha value is -2.08. The molecular weight excluding hydrogens is 272 g/mol. The van der Waals surface area contributed by atoms with Crippen LogP contribution in [0.4, 0.5) is 0 Å². The molecule has 0 radical (unpaired) electrons. The monoisotopic (exact) mass is 286 g/mol. The number of imidazole rings is 1. The minimum Gasteiger partial charge on any atom is -0.497 e. The number of aromatic nitrogens is 4. The topological polar surface area (TPSA) is 63.7 Å². The number of hydrogen-bond acceptors (Lipinski definition) is 5. The molecule has 0 amide bonds. The Kier molecular flexibility index (Phi) is 3.56. The third-order valence-corrected chi connectivity index (χ3v) is 4.20. The van der Waals surface area contributed by atoms with Gasteiger partial charge in [-0.25, -0.2) is 15.0 Å². The van der Waals surface area contributed by atoms with Gasteiger partial charge >= 0.3 is 0 Å². The molecule has 0 saturated heterocycles. The standard InChI is InChI=1S/C14H14N4OS/c1-9(10-4-3-5-11(6-10)19-2)20-14-12-13(16-7-15-12)17-8-18-14/h3-9H,1-2H3,(H,15,16,17,18)/t9-/m1/s1. The molecule has 6 heteroatoms. The number of fused-ring (bicyclic) bond motifs is 1. The predicted molar refractivity (Wildman–Crippen MR) is 78.9 cm³/mol. The molecule has 0 saturated carbocycles. The van der Waals surface area contributed by atoms with Crippen LogP contribution in [-0.2, 0) is 0 Å². The molecule has 1 N–H and O–H groups in total. The number of nitrogens with zero attached hydrogens (tertiary/aromatic N) is 3. The molecule has 0 spiro atoms. The summed E-state index contributed by atoms with van der Waals surface area (Å²) in [5.74, 6) is 0.865. The number of nitrogens with one attached hydrogen (secondary N) is 1. The lowest BCUT2D eigenvalue weighted by atomic mass is 10.1. The molecule has 1 aromatic carbocycles. The molecule has 5 nitrogen and oxygen atoms in total. The van der Waals surface area contributed by atoms with Crippen molar-refractivity contribution in [2.24, 2.45) is 0 Å². The van der Waals surface area contributed by atoms with E-state index in [4.69, 9.17) is 4.74 Å². The lowest BCUT2D eigenvalue weighted by Crippen LogP contribution is -1.93. The summed E-state index contributed by atoms with van der Waals surface area (Å²) in [7, 11) is 1.68. The van der Waals surface area contributed by atoms with Crippen molar-refractivity contribution in [2.45, 2.75) is 17.2 Å². The van der Waals surface area contributed by atoms with Gasteiger partial charge in [-0.3, -0.25) is 0 Å². The maximum Gasteiger partial charge on any atom is 0.181 e. The number of ether oxygens (including phenoxy) is 1. The Morgan fingerprint density at radius 1 is 1.25 bits per heavy atom. The molecular formula is C14H14N4OS. The van der Waals surface area contributed by atoms with E-state index in [1.807, 2.05) is 18.2 Å². The zero-order valence-electron chi connectivity index (χ0n) is 11.2. The average Bonchev–Trinajstić information content (AvgIpc) is 2.97. The van der Waals surface area contributed by atoms with E-state index in [0.29, 0.717) is 5.65 Å². The number of thioether (sulfide) groups is 1. The molecule has 0 aliphatic carbocycles. The largest absolute Gasteiger partial charge is 0.497 e. The van der Waals surface area contributed by atoms with E-state index in [9.17, 15) is 0 Å². The lowest BCUT2D eigenvalue weighted by molar-refractivity contribution is 0.414. The summed E-state index contributed by atoms with van der Waals surface area (Å²) in [6, 6.07) is 8.07. The van der Waals surface area contributed by atoms with Crippen molar-refractivity contribution in [1.82, 2.24) is 19.9 Å². The number of rotatable bonds is 4. The fourth-order valence-corrected chi connectivity index (χ4v) is 2.96. The smallest absolute Gasteiger partial charge is 0.181 e. The van der Waals surface area contributed by atoms with Crippen LogP contribution in [0.15, 0.2) is 41.9 Å². The zero-order valence-corrected chi connectivity index (χ0v) is 12.0. The highest BCUT2D eigenvalue weighted by atomic mass is 32.2. The van der Waals surface area contributed by atoms with Gasteiger partial charge in [-0.15, -0.1) is 0 Å². The van der Waals surface area contributed by atoms with E-state index in [0.717, 1.165) is 16.3 Å². The highest BCUT2D eigenvalue weighted by molar-refractivity contribution is 7.99. The van der Waals surface area contributed by atoms with Crippen molar-refractivity contribution in [2.75, 3.05) is 7.11 Å². The van der Waals surface area contributed by atoms with Gasteiger partial charge in [0.15, 0.2) is 5.65 Å². The Labute approximate surface area is 120 Å². The second-order valence-corrected chi connectivity index (χ2v) is 5.65. The number of methoxy groups -OCH3 is 1. The average molecular weight is 286 g/mol. The molecule has 0 bridgehead atoms. The van der Waals surface area contributed by atoms with Crippen LogP contribution >= 0.6 is 11.8 Å². The highest BCUT2D eigenvalue weighted by Gasteiger charge is 2.13. The van der Waals surface area contributed by atoms with Crippen LogP contribution in [0.2, 0.25) is 0 Å². The first-order valence-corrected chi connectivity index (χ1v) is 7.10. The molecule has 0 aliphatic heterocycles. The first kappa shape index (κ1) is 12.9. The lowest BCUT2D eigenvalue weighted by Gasteiger charge is -2.12. The third-order valence-electron chi connectivity index (χ3n) is 3.04. The maximum absolute atomic E-state index is 5.26. The maximum atomic E-state index is 5.26. The first-order valence-electron chi connectivity index (χ1n) is 6.22. The quantitative estimate of drug-likeness (QED) is 0.589. The van der Waals surface area contributed by atoms with Crippen LogP contribution < -0.4 is 4.74 Å². The van der Waals surface area contributed by atoms with E-state index >= 15 is 0 Å². The van der Waals surface area contributed by atoms with Crippen LogP contribution in [0.5, 0.6) is 5.75 Å². The SMILES string of the molecule is COc1cccc([C@@H](C)Sc2ncnc3nc[nH]c23)c1. The van der Waals surface area contributed by atoms with E-state index in [-0.39, 0.29) is 5.25 Å².